The lowest BCUT2D eigenvalue weighted by Gasteiger charge is -2.37. The minimum absolute atomic E-state index is 0.00998. The Balaban J connectivity index is 1.62. The van der Waals surface area contributed by atoms with Gasteiger partial charge in [0.2, 0.25) is 11.8 Å². The molecule has 0 unspecified atom stereocenters. The topological polar surface area (TPSA) is 43.9 Å². The van der Waals surface area contributed by atoms with Gasteiger partial charge >= 0.3 is 0 Å². The molecule has 0 N–H and O–H groups in total. The van der Waals surface area contributed by atoms with E-state index in [0.29, 0.717) is 37.8 Å². The van der Waals surface area contributed by atoms with Crippen molar-refractivity contribution in [1.29, 1.82) is 0 Å². The maximum absolute atomic E-state index is 14.0. The van der Waals surface area contributed by atoms with Crippen LogP contribution in [-0.4, -0.2) is 49.4 Å². The summed E-state index contributed by atoms with van der Waals surface area (Å²) >= 11 is 0. The van der Waals surface area contributed by atoms with Gasteiger partial charge in [0.25, 0.3) is 0 Å². The van der Waals surface area contributed by atoms with Crippen LogP contribution < -0.4 is 9.80 Å². The molecule has 1 heterocycles. The third kappa shape index (κ3) is 4.94. The van der Waals surface area contributed by atoms with E-state index < -0.39 is 0 Å². The molecule has 0 radical (unpaired) electrons. The van der Waals surface area contributed by atoms with E-state index in [1.54, 1.807) is 17.0 Å². The van der Waals surface area contributed by atoms with E-state index in [2.05, 4.69) is 13.8 Å². The van der Waals surface area contributed by atoms with E-state index in [1.165, 1.54) is 23.5 Å². The number of hydrogen-bond acceptors (Lipinski definition) is 3. The van der Waals surface area contributed by atoms with Crippen molar-refractivity contribution >= 4 is 23.2 Å². The Bertz CT molecular complexity index is 859. The lowest BCUT2D eigenvalue weighted by atomic mass is 10.0. The van der Waals surface area contributed by atoms with Gasteiger partial charge in [-0.2, -0.15) is 0 Å². The number of rotatable bonds is 5. The van der Waals surface area contributed by atoms with Crippen LogP contribution >= 0.6 is 0 Å². The van der Waals surface area contributed by atoms with Crippen LogP contribution in [0.25, 0.3) is 0 Å². The summed E-state index contributed by atoms with van der Waals surface area (Å²) in [5, 5.41) is 0. The molecular formula is C23H28FN3O2. The lowest BCUT2D eigenvalue weighted by molar-refractivity contribution is -0.131. The molecule has 2 aromatic rings. The highest BCUT2D eigenvalue weighted by molar-refractivity contribution is 5.97. The van der Waals surface area contributed by atoms with E-state index >= 15 is 0 Å². The fourth-order valence-corrected chi connectivity index (χ4v) is 3.56. The maximum Gasteiger partial charge on any atom is 0.242 e. The van der Waals surface area contributed by atoms with Crippen LogP contribution in [0.4, 0.5) is 15.8 Å². The molecule has 0 atom stereocenters. The first-order chi connectivity index (χ1) is 13.9. The smallest absolute Gasteiger partial charge is 0.242 e. The number of benzene rings is 2. The summed E-state index contributed by atoms with van der Waals surface area (Å²) in [6.45, 7) is 7.85. The third-order valence-corrected chi connectivity index (χ3v) is 5.37. The summed E-state index contributed by atoms with van der Waals surface area (Å²) in [7, 11) is 0. The Hall–Kier alpha value is -2.89. The zero-order valence-electron chi connectivity index (χ0n) is 17.3. The van der Waals surface area contributed by atoms with Crippen molar-refractivity contribution in [3.8, 4) is 0 Å². The van der Waals surface area contributed by atoms with Crippen molar-refractivity contribution in [3.63, 3.8) is 0 Å². The van der Waals surface area contributed by atoms with Crippen LogP contribution in [0.15, 0.2) is 48.5 Å². The highest BCUT2D eigenvalue weighted by atomic mass is 19.1. The molecule has 1 saturated heterocycles. The van der Waals surface area contributed by atoms with E-state index in [0.717, 1.165) is 5.69 Å². The average molecular weight is 397 g/mol. The van der Waals surface area contributed by atoms with E-state index in [9.17, 15) is 14.0 Å². The molecule has 1 aliphatic rings. The number of para-hydroxylation sites is 1. The summed E-state index contributed by atoms with van der Waals surface area (Å²) in [5.41, 5.74) is 2.48. The lowest BCUT2D eigenvalue weighted by Crippen LogP contribution is -2.52. The van der Waals surface area contributed by atoms with Crippen LogP contribution in [0, 0.1) is 5.82 Å². The number of nitrogens with zero attached hydrogens (tertiary/aromatic N) is 3. The normalized spacial score (nSPS) is 14.2. The second-order valence-electron chi connectivity index (χ2n) is 7.67. The Kier molecular flexibility index (Phi) is 6.52. The molecule has 29 heavy (non-hydrogen) atoms. The van der Waals surface area contributed by atoms with Gasteiger partial charge < -0.3 is 14.7 Å². The molecule has 154 valence electrons. The Morgan fingerprint density at radius 3 is 2.17 bits per heavy atom. The van der Waals surface area contributed by atoms with E-state index in [1.807, 2.05) is 35.2 Å². The Morgan fingerprint density at radius 1 is 1.00 bits per heavy atom. The summed E-state index contributed by atoms with van der Waals surface area (Å²) in [5.74, 6) is -0.107. The predicted octanol–water partition coefficient (Wildman–Crippen LogP) is 3.65. The molecule has 0 aliphatic carbocycles. The molecule has 0 saturated carbocycles. The predicted molar refractivity (Wildman–Crippen MR) is 114 cm³/mol. The third-order valence-electron chi connectivity index (χ3n) is 5.37. The van der Waals surface area contributed by atoms with Gasteiger partial charge in [0, 0.05) is 38.8 Å². The Labute approximate surface area is 171 Å². The molecule has 1 aliphatic heterocycles. The summed E-state index contributed by atoms with van der Waals surface area (Å²) < 4.78 is 14.0. The molecule has 0 spiro atoms. The van der Waals surface area contributed by atoms with E-state index in [-0.39, 0.29) is 24.2 Å². The SMILES string of the molecule is CC(=O)N(CC(=O)N1CCN(c2ccccc2F)CC1)c1ccc(C(C)C)cc1. The van der Waals surface area contributed by atoms with Crippen molar-refractivity contribution in [2.24, 2.45) is 0 Å². The minimum Gasteiger partial charge on any atom is -0.366 e. The van der Waals surface area contributed by atoms with Gasteiger partial charge in [0.15, 0.2) is 0 Å². The van der Waals surface area contributed by atoms with Crippen molar-refractivity contribution in [2.75, 3.05) is 42.5 Å². The molecule has 5 nitrogen and oxygen atoms in total. The molecular weight excluding hydrogens is 369 g/mol. The number of halogens is 1. The van der Waals surface area contributed by atoms with Gasteiger partial charge in [-0.25, -0.2) is 4.39 Å². The van der Waals surface area contributed by atoms with Gasteiger partial charge in [-0.1, -0.05) is 38.1 Å². The van der Waals surface area contributed by atoms with Crippen LogP contribution in [0.3, 0.4) is 0 Å². The number of anilines is 2. The number of carbonyl (C=O) groups excluding carboxylic acids is 2. The summed E-state index contributed by atoms with van der Waals surface area (Å²) in [4.78, 5) is 30.2. The summed E-state index contributed by atoms with van der Waals surface area (Å²) in [6, 6.07) is 14.4. The Morgan fingerprint density at radius 2 is 1.62 bits per heavy atom. The number of carbonyl (C=O) groups is 2. The molecule has 3 rings (SSSR count). The molecule has 2 amide bonds. The first-order valence-electron chi connectivity index (χ1n) is 10.0. The molecule has 1 fully saturated rings. The van der Waals surface area contributed by atoms with Gasteiger partial charge in [0.05, 0.1) is 5.69 Å². The minimum atomic E-state index is -0.250. The number of hydrogen-bond donors (Lipinski definition) is 0. The van der Waals surface area contributed by atoms with Crippen LogP contribution in [0.2, 0.25) is 0 Å². The fourth-order valence-electron chi connectivity index (χ4n) is 3.56. The number of piperazine rings is 1. The van der Waals surface area contributed by atoms with Crippen molar-refractivity contribution < 1.29 is 14.0 Å². The zero-order chi connectivity index (χ0) is 21.0. The number of amides is 2. The fraction of sp³-hybridized carbons (Fsp3) is 0.391. The second-order valence-corrected chi connectivity index (χ2v) is 7.67. The molecule has 0 bridgehead atoms. The molecule has 6 heteroatoms. The van der Waals surface area contributed by atoms with Crippen molar-refractivity contribution in [2.45, 2.75) is 26.7 Å². The van der Waals surface area contributed by atoms with Crippen molar-refractivity contribution in [3.05, 3.63) is 59.9 Å². The first-order valence-corrected chi connectivity index (χ1v) is 10.0. The monoisotopic (exact) mass is 397 g/mol. The van der Waals surface area contributed by atoms with Crippen LogP contribution in [-0.2, 0) is 9.59 Å². The quantitative estimate of drug-likeness (QED) is 0.774. The van der Waals surface area contributed by atoms with Crippen LogP contribution in [0.5, 0.6) is 0 Å². The highest BCUT2D eigenvalue weighted by Crippen LogP contribution is 2.22. The first kappa shape index (κ1) is 20.8. The maximum atomic E-state index is 14.0. The van der Waals surface area contributed by atoms with Gasteiger partial charge in [0.1, 0.15) is 12.4 Å². The van der Waals surface area contributed by atoms with Crippen molar-refractivity contribution in [1.82, 2.24) is 4.90 Å². The summed E-state index contributed by atoms with van der Waals surface area (Å²) in [6.07, 6.45) is 0. The van der Waals surface area contributed by atoms with Gasteiger partial charge in [-0.05, 0) is 35.7 Å². The molecule has 2 aromatic carbocycles. The van der Waals surface area contributed by atoms with Gasteiger partial charge in [-0.15, -0.1) is 0 Å². The molecule has 0 aromatic heterocycles. The largest absolute Gasteiger partial charge is 0.366 e. The standard InChI is InChI=1S/C23H28FN3O2/c1-17(2)19-8-10-20(11-9-19)27(18(3)28)16-23(29)26-14-12-25(13-15-26)22-7-5-4-6-21(22)24/h4-11,17H,12-16H2,1-3H3. The van der Waals surface area contributed by atoms with Gasteiger partial charge in [-0.3, -0.25) is 9.59 Å². The van der Waals surface area contributed by atoms with E-state index in [4.69, 9.17) is 0 Å². The zero-order valence-corrected chi connectivity index (χ0v) is 17.3. The second kappa shape index (κ2) is 9.07. The highest BCUT2D eigenvalue weighted by Gasteiger charge is 2.25. The average Bonchev–Trinajstić information content (AvgIpc) is 2.72. The van der Waals surface area contributed by atoms with Crippen LogP contribution in [0.1, 0.15) is 32.3 Å².